The fraction of sp³-hybridized carbons (Fsp3) is 0.692. The Bertz CT molecular complexity index is 351. The van der Waals surface area contributed by atoms with Gasteiger partial charge in [0, 0.05) is 13.1 Å². The van der Waals surface area contributed by atoms with E-state index >= 15 is 0 Å². The van der Waals surface area contributed by atoms with E-state index in [-0.39, 0.29) is 11.8 Å². The molecule has 0 radical (unpaired) electrons. The smallest absolute Gasteiger partial charge is 0.307 e. The number of carbonyl (C=O) groups is 2. The van der Waals surface area contributed by atoms with Crippen LogP contribution >= 0.6 is 0 Å². The lowest BCUT2D eigenvalue weighted by molar-refractivity contribution is -0.150. The molecule has 1 N–H and O–H groups in total. The molecule has 3 atom stereocenters. The molecule has 2 aliphatic rings. The van der Waals surface area contributed by atoms with E-state index in [9.17, 15) is 9.59 Å². The number of nitrogens with zero attached hydrogens (tertiary/aromatic N) is 1. The number of likely N-dealkylation sites (tertiary alicyclic amines) is 1. The molecule has 0 aromatic rings. The van der Waals surface area contributed by atoms with Crippen LogP contribution in [0.2, 0.25) is 0 Å². The second kappa shape index (κ2) is 4.90. The molecule has 1 heterocycles. The van der Waals surface area contributed by atoms with E-state index < -0.39 is 11.9 Å². The minimum Gasteiger partial charge on any atom is -0.481 e. The van der Waals surface area contributed by atoms with Gasteiger partial charge in [-0.2, -0.15) is 0 Å². The molecule has 0 bridgehead atoms. The van der Waals surface area contributed by atoms with Crippen LogP contribution in [0.3, 0.4) is 0 Å². The highest BCUT2D eigenvalue weighted by Crippen LogP contribution is 2.29. The number of carboxylic acid groups (broad SMARTS) is 1. The lowest BCUT2D eigenvalue weighted by Crippen LogP contribution is -2.40. The van der Waals surface area contributed by atoms with E-state index in [1.807, 2.05) is 17.1 Å². The molecule has 1 fully saturated rings. The molecular weight excluding hydrogens is 218 g/mol. The van der Waals surface area contributed by atoms with Gasteiger partial charge in [0.2, 0.25) is 5.91 Å². The summed E-state index contributed by atoms with van der Waals surface area (Å²) in [6.45, 7) is 3.70. The molecule has 1 aliphatic carbocycles. The molecule has 94 valence electrons. The molecule has 1 unspecified atom stereocenters. The number of hydrogen-bond donors (Lipinski definition) is 1. The maximum Gasteiger partial charge on any atom is 0.307 e. The minimum atomic E-state index is -0.847. The van der Waals surface area contributed by atoms with Crippen molar-refractivity contribution in [2.45, 2.75) is 26.2 Å². The van der Waals surface area contributed by atoms with Crippen LogP contribution in [0.15, 0.2) is 12.2 Å². The van der Waals surface area contributed by atoms with Crippen molar-refractivity contribution in [3.63, 3.8) is 0 Å². The number of carboxylic acids is 1. The summed E-state index contributed by atoms with van der Waals surface area (Å²) >= 11 is 0. The van der Waals surface area contributed by atoms with Gasteiger partial charge < -0.3 is 10.0 Å². The Morgan fingerprint density at radius 3 is 2.41 bits per heavy atom. The molecule has 1 aliphatic heterocycles. The molecule has 17 heavy (non-hydrogen) atoms. The molecule has 0 saturated carbocycles. The summed E-state index contributed by atoms with van der Waals surface area (Å²) in [7, 11) is 0. The van der Waals surface area contributed by atoms with Gasteiger partial charge in [-0.3, -0.25) is 9.59 Å². The molecule has 2 rings (SSSR count). The molecule has 4 heteroatoms. The highest BCUT2D eigenvalue weighted by Gasteiger charge is 2.37. The Kier molecular flexibility index (Phi) is 3.50. The van der Waals surface area contributed by atoms with Crippen LogP contribution < -0.4 is 0 Å². The van der Waals surface area contributed by atoms with E-state index in [0.717, 1.165) is 19.5 Å². The monoisotopic (exact) mass is 237 g/mol. The lowest BCUT2D eigenvalue weighted by Gasteiger charge is -2.28. The number of rotatable bonds is 2. The summed E-state index contributed by atoms with van der Waals surface area (Å²) < 4.78 is 0. The Hall–Kier alpha value is -1.32. The predicted molar refractivity (Wildman–Crippen MR) is 63.4 cm³/mol. The Morgan fingerprint density at radius 1 is 1.24 bits per heavy atom. The molecule has 0 aromatic heterocycles. The largest absolute Gasteiger partial charge is 0.481 e. The normalized spacial score (nSPS) is 32.8. The van der Waals surface area contributed by atoms with Crippen molar-refractivity contribution < 1.29 is 14.7 Å². The van der Waals surface area contributed by atoms with Gasteiger partial charge in [-0.05, 0) is 25.2 Å². The number of carbonyl (C=O) groups excluding carboxylic acids is 1. The van der Waals surface area contributed by atoms with Crippen LogP contribution in [-0.4, -0.2) is 35.0 Å². The van der Waals surface area contributed by atoms with Gasteiger partial charge in [-0.1, -0.05) is 19.1 Å². The fourth-order valence-electron chi connectivity index (χ4n) is 2.73. The number of amides is 1. The van der Waals surface area contributed by atoms with Gasteiger partial charge in [0.25, 0.3) is 0 Å². The first-order chi connectivity index (χ1) is 8.09. The van der Waals surface area contributed by atoms with Crippen LogP contribution in [-0.2, 0) is 9.59 Å². The van der Waals surface area contributed by atoms with Crippen LogP contribution in [0.1, 0.15) is 26.2 Å². The average molecular weight is 237 g/mol. The number of aliphatic carboxylic acids is 1. The Labute approximate surface area is 101 Å². The van der Waals surface area contributed by atoms with Crippen LogP contribution in [0.4, 0.5) is 0 Å². The third kappa shape index (κ3) is 2.51. The fourth-order valence-corrected chi connectivity index (χ4v) is 2.73. The zero-order valence-electron chi connectivity index (χ0n) is 10.1. The molecule has 1 amide bonds. The standard InChI is InChI=1S/C13H19NO3/c1-9-6-7-14(8-9)12(15)10-4-2-3-5-11(10)13(16)17/h2-3,9-11H,4-8H2,1H3,(H,16,17)/t9?,10-,11+/m1/s1. The topological polar surface area (TPSA) is 57.6 Å². The lowest BCUT2D eigenvalue weighted by atomic mass is 9.82. The summed E-state index contributed by atoms with van der Waals surface area (Å²) in [6.07, 6.45) is 5.89. The molecule has 4 nitrogen and oxygen atoms in total. The highest BCUT2D eigenvalue weighted by molar-refractivity contribution is 5.85. The van der Waals surface area contributed by atoms with Gasteiger partial charge in [-0.25, -0.2) is 0 Å². The van der Waals surface area contributed by atoms with Crippen LogP contribution in [0.5, 0.6) is 0 Å². The maximum atomic E-state index is 12.3. The number of hydrogen-bond acceptors (Lipinski definition) is 2. The first-order valence-corrected chi connectivity index (χ1v) is 6.26. The van der Waals surface area contributed by atoms with Gasteiger partial charge >= 0.3 is 5.97 Å². The minimum absolute atomic E-state index is 0.0334. The van der Waals surface area contributed by atoms with E-state index in [2.05, 4.69) is 6.92 Å². The third-order valence-electron chi connectivity index (χ3n) is 3.80. The summed E-state index contributed by atoms with van der Waals surface area (Å²) in [5, 5.41) is 9.15. The van der Waals surface area contributed by atoms with Crippen molar-refractivity contribution in [3.8, 4) is 0 Å². The highest BCUT2D eigenvalue weighted by atomic mass is 16.4. The van der Waals surface area contributed by atoms with Crippen molar-refractivity contribution in [2.75, 3.05) is 13.1 Å². The van der Waals surface area contributed by atoms with Crippen molar-refractivity contribution in [3.05, 3.63) is 12.2 Å². The Morgan fingerprint density at radius 2 is 1.88 bits per heavy atom. The van der Waals surface area contributed by atoms with Gasteiger partial charge in [0.1, 0.15) is 0 Å². The molecule has 0 spiro atoms. The van der Waals surface area contributed by atoms with Gasteiger partial charge in [0.15, 0.2) is 0 Å². The predicted octanol–water partition coefficient (Wildman–Crippen LogP) is 1.52. The van der Waals surface area contributed by atoms with E-state index in [0.29, 0.717) is 18.8 Å². The zero-order valence-corrected chi connectivity index (χ0v) is 10.1. The second-order valence-electron chi connectivity index (χ2n) is 5.17. The van der Waals surface area contributed by atoms with Gasteiger partial charge in [-0.15, -0.1) is 0 Å². The quantitative estimate of drug-likeness (QED) is 0.741. The average Bonchev–Trinajstić information content (AvgIpc) is 2.75. The zero-order chi connectivity index (χ0) is 12.4. The van der Waals surface area contributed by atoms with E-state index in [1.54, 1.807) is 0 Å². The molecule has 1 saturated heterocycles. The first-order valence-electron chi connectivity index (χ1n) is 6.26. The van der Waals surface area contributed by atoms with E-state index in [1.165, 1.54) is 0 Å². The first kappa shape index (κ1) is 12.1. The van der Waals surface area contributed by atoms with Crippen molar-refractivity contribution >= 4 is 11.9 Å². The Balaban J connectivity index is 2.07. The van der Waals surface area contributed by atoms with Crippen LogP contribution in [0, 0.1) is 17.8 Å². The van der Waals surface area contributed by atoms with Crippen molar-refractivity contribution in [1.82, 2.24) is 4.90 Å². The molecular formula is C13H19NO3. The summed E-state index contributed by atoms with van der Waals surface area (Å²) in [4.78, 5) is 25.3. The summed E-state index contributed by atoms with van der Waals surface area (Å²) in [5.41, 5.74) is 0. The number of allylic oxidation sites excluding steroid dienone is 2. The SMILES string of the molecule is CC1CCN(C(=O)[C@@H]2CC=CC[C@@H]2C(=O)O)C1. The summed E-state index contributed by atoms with van der Waals surface area (Å²) in [6, 6.07) is 0. The van der Waals surface area contributed by atoms with Crippen molar-refractivity contribution in [2.24, 2.45) is 17.8 Å². The van der Waals surface area contributed by atoms with E-state index in [4.69, 9.17) is 5.11 Å². The van der Waals surface area contributed by atoms with Crippen molar-refractivity contribution in [1.29, 1.82) is 0 Å². The molecule has 0 aromatic carbocycles. The third-order valence-corrected chi connectivity index (χ3v) is 3.80. The van der Waals surface area contributed by atoms with Gasteiger partial charge in [0.05, 0.1) is 11.8 Å². The second-order valence-corrected chi connectivity index (χ2v) is 5.17. The summed E-state index contributed by atoms with van der Waals surface area (Å²) in [5.74, 6) is -1.17. The van der Waals surface area contributed by atoms with Crippen LogP contribution in [0.25, 0.3) is 0 Å². The maximum absolute atomic E-state index is 12.3.